The van der Waals surface area contributed by atoms with Gasteiger partial charge >= 0.3 is 0 Å². The molecule has 0 aliphatic heterocycles. The average Bonchev–Trinajstić information content (AvgIpc) is 2.22. The summed E-state index contributed by atoms with van der Waals surface area (Å²) in [6.45, 7) is 10.4. The molecule has 0 fully saturated rings. The van der Waals surface area contributed by atoms with Crippen molar-refractivity contribution in [3.63, 3.8) is 0 Å². The largest absolute Gasteiger partial charge is 0.314 e. The monoisotopic (exact) mass is 199 g/mol. The normalized spacial score (nSPS) is 15.4. The van der Waals surface area contributed by atoms with Crippen LogP contribution in [0.2, 0.25) is 0 Å². The van der Waals surface area contributed by atoms with Gasteiger partial charge in [0.25, 0.3) is 0 Å². The van der Waals surface area contributed by atoms with Crippen LogP contribution in [-0.2, 0) is 0 Å². The van der Waals surface area contributed by atoms with Gasteiger partial charge in [0, 0.05) is 6.04 Å². The Morgan fingerprint density at radius 3 is 2.14 bits per heavy atom. The first kappa shape index (κ1) is 14.0. The lowest BCUT2D eigenvalue weighted by molar-refractivity contribution is 0.339. The standard InChI is InChI=1S/C13H29N/c1-5-8-10-13(12(4)7-3)14-11-9-6-2/h12-14H,5-11H2,1-4H3. The van der Waals surface area contributed by atoms with Crippen molar-refractivity contribution >= 4 is 0 Å². The van der Waals surface area contributed by atoms with E-state index in [1.54, 1.807) is 0 Å². The SMILES string of the molecule is CCCCNC(CCCC)C(C)CC. The Kier molecular flexibility index (Phi) is 9.49. The van der Waals surface area contributed by atoms with Crippen molar-refractivity contribution < 1.29 is 0 Å². The molecule has 0 bridgehead atoms. The second kappa shape index (κ2) is 9.51. The Morgan fingerprint density at radius 1 is 1.00 bits per heavy atom. The highest BCUT2D eigenvalue weighted by atomic mass is 14.9. The predicted molar refractivity (Wildman–Crippen MR) is 65.7 cm³/mol. The van der Waals surface area contributed by atoms with E-state index in [0.717, 1.165) is 12.0 Å². The van der Waals surface area contributed by atoms with E-state index in [9.17, 15) is 0 Å². The quantitative estimate of drug-likeness (QED) is 0.554. The van der Waals surface area contributed by atoms with E-state index in [-0.39, 0.29) is 0 Å². The second-order valence-electron chi connectivity index (χ2n) is 4.44. The highest BCUT2D eigenvalue weighted by Crippen LogP contribution is 2.13. The van der Waals surface area contributed by atoms with Gasteiger partial charge in [-0.3, -0.25) is 0 Å². The van der Waals surface area contributed by atoms with Gasteiger partial charge in [0.2, 0.25) is 0 Å². The minimum absolute atomic E-state index is 0.756. The number of rotatable bonds is 9. The summed E-state index contributed by atoms with van der Waals surface area (Å²) in [5, 5.41) is 3.71. The summed E-state index contributed by atoms with van der Waals surface area (Å²) in [5.41, 5.74) is 0. The van der Waals surface area contributed by atoms with Crippen LogP contribution in [0, 0.1) is 5.92 Å². The maximum atomic E-state index is 3.71. The molecule has 2 atom stereocenters. The summed E-state index contributed by atoms with van der Waals surface area (Å²) in [4.78, 5) is 0. The van der Waals surface area contributed by atoms with E-state index < -0.39 is 0 Å². The van der Waals surface area contributed by atoms with E-state index in [1.165, 1.54) is 45.1 Å². The fraction of sp³-hybridized carbons (Fsp3) is 1.00. The van der Waals surface area contributed by atoms with Crippen molar-refractivity contribution in [1.29, 1.82) is 0 Å². The fourth-order valence-corrected chi connectivity index (χ4v) is 1.76. The van der Waals surface area contributed by atoms with Crippen LogP contribution in [0.5, 0.6) is 0 Å². The van der Waals surface area contributed by atoms with E-state index in [0.29, 0.717) is 0 Å². The Morgan fingerprint density at radius 2 is 1.64 bits per heavy atom. The van der Waals surface area contributed by atoms with Gasteiger partial charge in [-0.2, -0.15) is 0 Å². The number of hydrogen-bond donors (Lipinski definition) is 1. The maximum Gasteiger partial charge on any atom is 0.00925 e. The van der Waals surface area contributed by atoms with Gasteiger partial charge in [-0.05, 0) is 25.3 Å². The van der Waals surface area contributed by atoms with Crippen molar-refractivity contribution in [2.24, 2.45) is 5.92 Å². The van der Waals surface area contributed by atoms with Crippen LogP contribution in [0.25, 0.3) is 0 Å². The van der Waals surface area contributed by atoms with E-state index in [2.05, 4.69) is 33.0 Å². The molecule has 0 aromatic rings. The van der Waals surface area contributed by atoms with Gasteiger partial charge in [-0.15, -0.1) is 0 Å². The van der Waals surface area contributed by atoms with Crippen LogP contribution in [0.15, 0.2) is 0 Å². The third-order valence-electron chi connectivity index (χ3n) is 3.14. The molecule has 0 radical (unpaired) electrons. The molecule has 0 heterocycles. The molecule has 0 aromatic carbocycles. The van der Waals surface area contributed by atoms with Crippen molar-refractivity contribution in [1.82, 2.24) is 5.32 Å². The van der Waals surface area contributed by atoms with Crippen LogP contribution in [-0.4, -0.2) is 12.6 Å². The number of nitrogens with one attached hydrogen (secondary N) is 1. The zero-order valence-electron chi connectivity index (χ0n) is 10.6. The molecule has 0 spiro atoms. The first-order valence-electron chi connectivity index (χ1n) is 6.49. The van der Waals surface area contributed by atoms with Gasteiger partial charge < -0.3 is 5.32 Å². The van der Waals surface area contributed by atoms with Gasteiger partial charge in [0.1, 0.15) is 0 Å². The van der Waals surface area contributed by atoms with E-state index in [4.69, 9.17) is 0 Å². The number of unbranched alkanes of at least 4 members (excludes halogenated alkanes) is 2. The summed E-state index contributed by atoms with van der Waals surface area (Å²) >= 11 is 0. The van der Waals surface area contributed by atoms with Crippen molar-refractivity contribution in [2.75, 3.05) is 6.54 Å². The first-order valence-corrected chi connectivity index (χ1v) is 6.49. The zero-order valence-corrected chi connectivity index (χ0v) is 10.6. The molecule has 86 valence electrons. The molecule has 14 heavy (non-hydrogen) atoms. The van der Waals surface area contributed by atoms with Crippen LogP contribution >= 0.6 is 0 Å². The molecular weight excluding hydrogens is 170 g/mol. The summed E-state index contributed by atoms with van der Waals surface area (Å²) in [6.07, 6.45) is 7.96. The highest BCUT2D eigenvalue weighted by Gasteiger charge is 2.13. The molecule has 0 aliphatic carbocycles. The predicted octanol–water partition coefficient (Wildman–Crippen LogP) is 3.98. The Hall–Kier alpha value is -0.0400. The number of hydrogen-bond acceptors (Lipinski definition) is 1. The molecule has 1 heteroatoms. The second-order valence-corrected chi connectivity index (χ2v) is 4.44. The lowest BCUT2D eigenvalue weighted by Gasteiger charge is -2.24. The molecule has 2 unspecified atom stereocenters. The third kappa shape index (κ3) is 6.42. The van der Waals surface area contributed by atoms with Crippen molar-refractivity contribution in [3.05, 3.63) is 0 Å². The molecule has 0 aromatic heterocycles. The topological polar surface area (TPSA) is 12.0 Å². The van der Waals surface area contributed by atoms with E-state index >= 15 is 0 Å². The smallest absolute Gasteiger partial charge is 0.00925 e. The molecule has 0 saturated carbocycles. The molecule has 1 N–H and O–H groups in total. The lowest BCUT2D eigenvalue weighted by atomic mass is 9.94. The molecule has 0 amide bonds. The first-order chi connectivity index (χ1) is 6.76. The molecule has 0 rings (SSSR count). The van der Waals surface area contributed by atoms with Crippen molar-refractivity contribution in [3.8, 4) is 0 Å². The van der Waals surface area contributed by atoms with Crippen LogP contribution < -0.4 is 5.32 Å². The molecule has 0 saturated heterocycles. The Balaban J connectivity index is 3.72. The summed E-state index contributed by atoms with van der Waals surface area (Å²) < 4.78 is 0. The zero-order chi connectivity index (χ0) is 10.8. The van der Waals surface area contributed by atoms with Crippen LogP contribution in [0.3, 0.4) is 0 Å². The van der Waals surface area contributed by atoms with Crippen LogP contribution in [0.1, 0.15) is 66.2 Å². The highest BCUT2D eigenvalue weighted by molar-refractivity contribution is 4.72. The minimum Gasteiger partial charge on any atom is -0.314 e. The maximum absolute atomic E-state index is 3.71. The minimum atomic E-state index is 0.756. The van der Waals surface area contributed by atoms with Gasteiger partial charge in [-0.1, -0.05) is 53.4 Å². The van der Waals surface area contributed by atoms with Gasteiger partial charge in [0.05, 0.1) is 0 Å². The lowest BCUT2D eigenvalue weighted by Crippen LogP contribution is -2.35. The summed E-state index contributed by atoms with van der Waals surface area (Å²) in [6, 6.07) is 0.756. The Labute approximate surface area is 90.7 Å². The van der Waals surface area contributed by atoms with Gasteiger partial charge in [-0.25, -0.2) is 0 Å². The van der Waals surface area contributed by atoms with E-state index in [1.807, 2.05) is 0 Å². The molecule has 0 aliphatic rings. The molecular formula is C13H29N. The summed E-state index contributed by atoms with van der Waals surface area (Å²) in [5.74, 6) is 0.832. The summed E-state index contributed by atoms with van der Waals surface area (Å²) in [7, 11) is 0. The third-order valence-corrected chi connectivity index (χ3v) is 3.14. The van der Waals surface area contributed by atoms with Gasteiger partial charge in [0.15, 0.2) is 0 Å². The van der Waals surface area contributed by atoms with Crippen LogP contribution in [0.4, 0.5) is 0 Å². The van der Waals surface area contributed by atoms with Crippen molar-refractivity contribution in [2.45, 2.75) is 72.3 Å². The fourth-order valence-electron chi connectivity index (χ4n) is 1.76. The Bertz CT molecular complexity index is 112. The average molecular weight is 199 g/mol. The molecule has 1 nitrogen and oxygen atoms in total.